The molecule has 1 heterocycles. The van der Waals surface area contributed by atoms with Crippen LogP contribution in [0.2, 0.25) is 10.0 Å². The second-order valence-corrected chi connectivity index (χ2v) is 8.10. The summed E-state index contributed by atoms with van der Waals surface area (Å²) in [6.07, 6.45) is 1.74. The first kappa shape index (κ1) is 19.0. The minimum Gasteiger partial charge on any atom is -0.268 e. The number of imide groups is 1. The summed E-state index contributed by atoms with van der Waals surface area (Å²) in [7, 11) is 0. The molecule has 26 heavy (non-hydrogen) atoms. The fraction of sp³-hybridized carbons (Fsp3) is 0.200. The third kappa shape index (κ3) is 3.98. The topological polar surface area (TPSA) is 37.4 Å². The summed E-state index contributed by atoms with van der Waals surface area (Å²) in [5.74, 6) is 0.112. The van der Waals surface area contributed by atoms with E-state index >= 15 is 0 Å². The third-order valence-corrected chi connectivity index (χ3v) is 5.77. The van der Waals surface area contributed by atoms with Gasteiger partial charge in [-0.25, -0.2) is 0 Å². The molecule has 2 aromatic rings. The number of nitrogens with zero attached hydrogens (tertiary/aromatic N) is 1. The molecular formula is C20H17Cl2NO2S. The van der Waals surface area contributed by atoms with Crippen LogP contribution < -0.4 is 0 Å². The van der Waals surface area contributed by atoms with Crippen LogP contribution in [-0.4, -0.2) is 16.0 Å². The molecule has 6 heteroatoms. The van der Waals surface area contributed by atoms with Gasteiger partial charge in [0.15, 0.2) is 0 Å². The average Bonchev–Trinajstić information content (AvgIpc) is 2.85. The monoisotopic (exact) mass is 405 g/mol. The van der Waals surface area contributed by atoms with Crippen molar-refractivity contribution in [1.29, 1.82) is 0 Å². The molecule has 1 fully saturated rings. The van der Waals surface area contributed by atoms with Crippen LogP contribution in [0.5, 0.6) is 0 Å². The molecule has 3 nitrogen and oxygen atoms in total. The summed E-state index contributed by atoms with van der Waals surface area (Å²) < 4.78 is 0. The average molecular weight is 406 g/mol. The van der Waals surface area contributed by atoms with Crippen molar-refractivity contribution >= 4 is 52.2 Å². The minimum atomic E-state index is -0.330. The van der Waals surface area contributed by atoms with Crippen LogP contribution in [-0.2, 0) is 11.3 Å². The van der Waals surface area contributed by atoms with Crippen molar-refractivity contribution in [1.82, 2.24) is 4.90 Å². The number of rotatable bonds is 4. The normalized spacial score (nSPS) is 16.2. The van der Waals surface area contributed by atoms with Crippen LogP contribution in [0.4, 0.5) is 4.79 Å². The highest BCUT2D eigenvalue weighted by atomic mass is 35.5. The molecule has 0 spiro atoms. The van der Waals surface area contributed by atoms with E-state index in [1.165, 1.54) is 10.5 Å². The lowest BCUT2D eigenvalue weighted by molar-refractivity contribution is -0.123. The quantitative estimate of drug-likeness (QED) is 0.555. The van der Waals surface area contributed by atoms with E-state index < -0.39 is 0 Å². The molecule has 3 rings (SSSR count). The molecule has 0 saturated carbocycles. The van der Waals surface area contributed by atoms with E-state index in [-0.39, 0.29) is 17.7 Å². The van der Waals surface area contributed by atoms with Gasteiger partial charge in [0.05, 0.1) is 11.4 Å². The Bertz CT molecular complexity index is 871. The largest absolute Gasteiger partial charge is 0.293 e. The van der Waals surface area contributed by atoms with Crippen LogP contribution in [0.15, 0.2) is 47.4 Å². The van der Waals surface area contributed by atoms with E-state index in [4.69, 9.17) is 23.2 Å². The first-order valence-corrected chi connectivity index (χ1v) is 9.72. The molecule has 0 unspecified atom stereocenters. The zero-order valence-corrected chi connectivity index (χ0v) is 16.7. The number of thioether (sulfide) groups is 1. The van der Waals surface area contributed by atoms with Gasteiger partial charge >= 0.3 is 0 Å². The van der Waals surface area contributed by atoms with Gasteiger partial charge in [-0.05, 0) is 47.0 Å². The second kappa shape index (κ2) is 7.87. The van der Waals surface area contributed by atoms with Crippen molar-refractivity contribution in [3.05, 3.63) is 74.1 Å². The molecular weight excluding hydrogens is 389 g/mol. The van der Waals surface area contributed by atoms with Crippen LogP contribution in [0, 0.1) is 0 Å². The van der Waals surface area contributed by atoms with Crippen LogP contribution in [0.3, 0.4) is 0 Å². The van der Waals surface area contributed by atoms with Gasteiger partial charge in [0.25, 0.3) is 11.1 Å². The van der Waals surface area contributed by atoms with E-state index in [0.29, 0.717) is 26.4 Å². The third-order valence-electron chi connectivity index (χ3n) is 4.15. The van der Waals surface area contributed by atoms with E-state index in [0.717, 1.165) is 17.3 Å². The standard InChI is InChI=1S/C20H17Cl2NO2S/c1-12(2)14-8-6-13(7-9-14)10-18-19(24)23(20(25)26-18)11-15-16(21)4-3-5-17(15)22/h3-10,12H,11H2,1-2H3/b18-10+. The van der Waals surface area contributed by atoms with Crippen molar-refractivity contribution in [3.8, 4) is 0 Å². The van der Waals surface area contributed by atoms with Gasteiger partial charge in [-0.1, -0.05) is 67.4 Å². The molecule has 0 radical (unpaired) electrons. The molecule has 1 aliphatic heterocycles. The van der Waals surface area contributed by atoms with E-state index in [9.17, 15) is 9.59 Å². The summed E-state index contributed by atoms with van der Waals surface area (Å²) in [6, 6.07) is 13.1. The maximum absolute atomic E-state index is 12.7. The molecule has 0 bridgehead atoms. The SMILES string of the molecule is CC(C)c1ccc(/C=C2/SC(=O)N(Cc3c(Cl)cccc3Cl)C2=O)cc1. The zero-order chi connectivity index (χ0) is 18.8. The summed E-state index contributed by atoms with van der Waals surface area (Å²) >= 11 is 13.2. The Balaban J connectivity index is 1.82. The van der Waals surface area contributed by atoms with Gasteiger partial charge in [-0.3, -0.25) is 14.5 Å². The van der Waals surface area contributed by atoms with E-state index in [2.05, 4.69) is 13.8 Å². The Morgan fingerprint density at radius 2 is 1.65 bits per heavy atom. The molecule has 2 amide bonds. The Morgan fingerprint density at radius 3 is 2.23 bits per heavy atom. The summed E-state index contributed by atoms with van der Waals surface area (Å²) in [6.45, 7) is 4.31. The number of hydrogen-bond acceptors (Lipinski definition) is 3. The zero-order valence-electron chi connectivity index (χ0n) is 14.3. The molecule has 134 valence electrons. The Kier molecular flexibility index (Phi) is 5.76. The smallest absolute Gasteiger partial charge is 0.268 e. The first-order chi connectivity index (χ1) is 12.4. The summed E-state index contributed by atoms with van der Waals surface area (Å²) in [5, 5.41) is 0.547. The van der Waals surface area contributed by atoms with Gasteiger partial charge in [-0.2, -0.15) is 0 Å². The van der Waals surface area contributed by atoms with Crippen molar-refractivity contribution in [2.75, 3.05) is 0 Å². The maximum atomic E-state index is 12.7. The second-order valence-electron chi connectivity index (χ2n) is 6.29. The molecule has 0 aliphatic carbocycles. The highest BCUT2D eigenvalue weighted by Crippen LogP contribution is 2.35. The van der Waals surface area contributed by atoms with Gasteiger partial charge in [0.1, 0.15) is 0 Å². The van der Waals surface area contributed by atoms with Gasteiger partial charge in [-0.15, -0.1) is 0 Å². The van der Waals surface area contributed by atoms with Crippen molar-refractivity contribution in [3.63, 3.8) is 0 Å². The summed E-state index contributed by atoms with van der Waals surface area (Å²) in [5.41, 5.74) is 2.68. The predicted octanol–water partition coefficient (Wildman–Crippen LogP) is 6.35. The highest BCUT2D eigenvalue weighted by Gasteiger charge is 2.35. The first-order valence-electron chi connectivity index (χ1n) is 8.15. The molecule has 2 aromatic carbocycles. The predicted molar refractivity (Wildman–Crippen MR) is 109 cm³/mol. The molecule has 0 N–H and O–H groups in total. The fourth-order valence-electron chi connectivity index (χ4n) is 2.61. The van der Waals surface area contributed by atoms with Crippen LogP contribution in [0.25, 0.3) is 6.08 Å². The molecule has 0 aromatic heterocycles. The van der Waals surface area contributed by atoms with Crippen LogP contribution in [0.1, 0.15) is 36.5 Å². The van der Waals surface area contributed by atoms with E-state index in [1.54, 1.807) is 24.3 Å². The number of hydrogen-bond donors (Lipinski definition) is 0. The van der Waals surface area contributed by atoms with Crippen molar-refractivity contribution < 1.29 is 9.59 Å². The Hall–Kier alpha value is -1.75. The lowest BCUT2D eigenvalue weighted by atomic mass is 10.0. The van der Waals surface area contributed by atoms with E-state index in [1.807, 2.05) is 24.3 Å². The molecule has 1 aliphatic rings. The maximum Gasteiger partial charge on any atom is 0.293 e. The van der Waals surface area contributed by atoms with Gasteiger partial charge in [0.2, 0.25) is 0 Å². The number of amides is 2. The number of carbonyl (C=O) groups is 2. The Morgan fingerprint density at radius 1 is 1.04 bits per heavy atom. The number of halogens is 2. The number of carbonyl (C=O) groups excluding carboxylic acids is 2. The minimum absolute atomic E-state index is 0.0623. The van der Waals surface area contributed by atoms with Crippen LogP contribution >= 0.6 is 35.0 Å². The lowest BCUT2D eigenvalue weighted by Crippen LogP contribution is -2.27. The molecule has 1 saturated heterocycles. The van der Waals surface area contributed by atoms with Gasteiger partial charge < -0.3 is 0 Å². The number of benzene rings is 2. The lowest BCUT2D eigenvalue weighted by Gasteiger charge is -2.14. The molecule has 0 atom stereocenters. The Labute approximate surface area is 167 Å². The van der Waals surface area contributed by atoms with Gasteiger partial charge in [0, 0.05) is 15.6 Å². The summed E-state index contributed by atoms with van der Waals surface area (Å²) in [4.78, 5) is 26.5. The fourth-order valence-corrected chi connectivity index (χ4v) is 3.96. The van der Waals surface area contributed by atoms with Crippen molar-refractivity contribution in [2.24, 2.45) is 0 Å². The van der Waals surface area contributed by atoms with Crippen molar-refractivity contribution in [2.45, 2.75) is 26.3 Å². The highest BCUT2D eigenvalue weighted by molar-refractivity contribution is 8.18.